The number of likely N-dealkylation sites (tertiary alicyclic amines) is 1. The Kier molecular flexibility index (Phi) is 5.75. The fourth-order valence-corrected chi connectivity index (χ4v) is 4.70. The van der Waals surface area contributed by atoms with Crippen molar-refractivity contribution in [3.63, 3.8) is 0 Å². The number of fused-ring (bicyclic) bond motifs is 1. The van der Waals surface area contributed by atoms with Crippen molar-refractivity contribution in [3.8, 4) is 0 Å². The van der Waals surface area contributed by atoms with E-state index in [0.717, 1.165) is 15.8 Å². The molecule has 2 aromatic rings. The molecule has 2 aliphatic heterocycles. The number of benzene rings is 1. The van der Waals surface area contributed by atoms with Gasteiger partial charge >= 0.3 is 6.18 Å². The molecule has 2 aliphatic rings. The zero-order chi connectivity index (χ0) is 23.3. The van der Waals surface area contributed by atoms with Crippen LogP contribution in [0.25, 0.3) is 0 Å². The first kappa shape index (κ1) is 22.7. The third kappa shape index (κ3) is 4.64. The minimum atomic E-state index is -4.37. The molecule has 0 aliphatic carbocycles. The summed E-state index contributed by atoms with van der Waals surface area (Å²) < 4.78 is 42.6. The van der Waals surface area contributed by atoms with Gasteiger partial charge in [0, 0.05) is 31.1 Å². The van der Waals surface area contributed by atoms with Crippen LogP contribution < -0.4 is 5.32 Å². The number of hydrogen-bond acceptors (Lipinski definition) is 3. The number of carbonyl (C=O) groups excluding carboxylic acids is 1. The lowest BCUT2D eigenvalue weighted by molar-refractivity contribution is -0.175. The molecule has 1 aromatic heterocycles. The highest BCUT2D eigenvalue weighted by atomic mass is 19.4. The second-order valence-electron chi connectivity index (χ2n) is 10.2. The number of nitrogens with zero attached hydrogens (tertiary/aromatic N) is 3. The molecule has 174 valence electrons. The van der Waals surface area contributed by atoms with Crippen molar-refractivity contribution >= 4 is 11.7 Å². The molecule has 0 radical (unpaired) electrons. The summed E-state index contributed by atoms with van der Waals surface area (Å²) in [7, 11) is 0. The number of halogens is 3. The van der Waals surface area contributed by atoms with E-state index in [1.165, 1.54) is 0 Å². The van der Waals surface area contributed by atoms with Crippen molar-refractivity contribution in [1.29, 1.82) is 0 Å². The molecular formula is C24H31F3N4O. The largest absolute Gasteiger partial charge is 0.410 e. The van der Waals surface area contributed by atoms with Crippen LogP contribution in [-0.2, 0) is 11.2 Å². The summed E-state index contributed by atoms with van der Waals surface area (Å²) >= 11 is 0. The summed E-state index contributed by atoms with van der Waals surface area (Å²) in [6, 6.07) is 7.68. The molecule has 1 amide bonds. The average Bonchev–Trinajstić information content (AvgIpc) is 3.32. The van der Waals surface area contributed by atoms with Gasteiger partial charge in [-0.2, -0.15) is 18.3 Å². The van der Waals surface area contributed by atoms with Gasteiger partial charge in [0.2, 0.25) is 5.91 Å². The summed E-state index contributed by atoms with van der Waals surface area (Å²) in [5.74, 6) is 0.400. The van der Waals surface area contributed by atoms with Crippen LogP contribution in [0.2, 0.25) is 0 Å². The number of nitrogens with one attached hydrogen (secondary N) is 1. The lowest BCUT2D eigenvalue weighted by atomic mass is 9.82. The Morgan fingerprint density at radius 2 is 1.97 bits per heavy atom. The van der Waals surface area contributed by atoms with Crippen molar-refractivity contribution in [2.24, 2.45) is 5.41 Å². The van der Waals surface area contributed by atoms with Crippen molar-refractivity contribution in [2.75, 3.05) is 18.4 Å². The Morgan fingerprint density at radius 1 is 1.22 bits per heavy atom. The molecule has 0 bridgehead atoms. The van der Waals surface area contributed by atoms with Gasteiger partial charge in [0.1, 0.15) is 5.82 Å². The molecule has 0 unspecified atom stereocenters. The first-order chi connectivity index (χ1) is 14.9. The van der Waals surface area contributed by atoms with E-state index in [9.17, 15) is 18.0 Å². The van der Waals surface area contributed by atoms with Gasteiger partial charge in [0.25, 0.3) is 0 Å². The Balaban J connectivity index is 1.50. The van der Waals surface area contributed by atoms with Crippen molar-refractivity contribution in [1.82, 2.24) is 14.7 Å². The van der Waals surface area contributed by atoms with Crippen molar-refractivity contribution in [3.05, 3.63) is 47.2 Å². The fraction of sp³-hybridized carbons (Fsp3) is 0.583. The van der Waals surface area contributed by atoms with E-state index in [0.29, 0.717) is 37.4 Å². The lowest BCUT2D eigenvalue weighted by Crippen LogP contribution is -2.44. The van der Waals surface area contributed by atoms with Gasteiger partial charge in [-0.05, 0) is 30.7 Å². The molecule has 1 N–H and O–H groups in total. The standard InChI is InChI=1S/C24H31F3N4O/c1-15-6-5-7-16(10-15)11-22(32)30-9-8-17(14-30)18-12-21-28-19(23(2,3)4)13-20(24(25,26)27)31(21)29-18/h5-7,10,12,17,19-20,28H,8-9,11,13-14H2,1-4H3/t17-,19+,20+/m0/s1. The Bertz CT molecular complexity index is 992. The second kappa shape index (κ2) is 8.12. The molecular weight excluding hydrogens is 417 g/mol. The number of hydrogen-bond donors (Lipinski definition) is 1. The summed E-state index contributed by atoms with van der Waals surface area (Å²) in [6.45, 7) is 8.91. The van der Waals surface area contributed by atoms with Crippen LogP contribution in [0.4, 0.5) is 19.0 Å². The van der Waals surface area contributed by atoms with Crippen LogP contribution in [0.5, 0.6) is 0 Å². The van der Waals surface area contributed by atoms with E-state index in [1.807, 2.05) is 52.0 Å². The Morgan fingerprint density at radius 3 is 2.62 bits per heavy atom. The first-order valence-electron chi connectivity index (χ1n) is 11.2. The van der Waals surface area contributed by atoms with E-state index in [2.05, 4.69) is 10.4 Å². The minimum Gasteiger partial charge on any atom is -0.367 e. The fourth-order valence-electron chi connectivity index (χ4n) is 4.70. The highest BCUT2D eigenvalue weighted by Gasteiger charge is 2.48. The number of rotatable bonds is 3. The smallest absolute Gasteiger partial charge is 0.367 e. The summed E-state index contributed by atoms with van der Waals surface area (Å²) in [5, 5.41) is 7.66. The molecule has 1 fully saturated rings. The number of carbonyl (C=O) groups is 1. The van der Waals surface area contributed by atoms with Crippen LogP contribution in [0.15, 0.2) is 30.3 Å². The summed E-state index contributed by atoms with van der Waals surface area (Å²) in [4.78, 5) is 14.6. The molecule has 5 nitrogen and oxygen atoms in total. The second-order valence-corrected chi connectivity index (χ2v) is 10.2. The number of anilines is 1. The normalized spacial score (nSPS) is 23.7. The average molecular weight is 449 g/mol. The summed E-state index contributed by atoms with van der Waals surface area (Å²) in [5.41, 5.74) is 2.40. The van der Waals surface area contributed by atoms with Gasteiger partial charge in [0.05, 0.1) is 12.1 Å². The first-order valence-corrected chi connectivity index (χ1v) is 11.2. The third-order valence-electron chi connectivity index (χ3n) is 6.65. The van der Waals surface area contributed by atoms with Crippen molar-refractivity contribution in [2.45, 2.75) is 71.1 Å². The van der Waals surface area contributed by atoms with Crippen LogP contribution in [-0.4, -0.2) is 45.9 Å². The Labute approximate surface area is 187 Å². The van der Waals surface area contributed by atoms with E-state index in [-0.39, 0.29) is 29.7 Å². The van der Waals surface area contributed by atoms with E-state index < -0.39 is 12.2 Å². The predicted octanol–water partition coefficient (Wildman–Crippen LogP) is 5.08. The SMILES string of the molecule is Cc1cccc(CC(=O)N2CC[C@H](c3cc4n(n3)[C@@H](C(F)(F)F)C[C@H](C(C)(C)C)N4)C2)c1. The maximum atomic E-state index is 13.8. The lowest BCUT2D eigenvalue weighted by Gasteiger charge is -2.39. The van der Waals surface area contributed by atoms with E-state index in [4.69, 9.17) is 0 Å². The Hall–Kier alpha value is -2.51. The zero-order valence-corrected chi connectivity index (χ0v) is 19.0. The van der Waals surface area contributed by atoms with Gasteiger partial charge in [0.15, 0.2) is 6.04 Å². The number of amides is 1. The topological polar surface area (TPSA) is 50.2 Å². The van der Waals surface area contributed by atoms with Gasteiger partial charge < -0.3 is 10.2 Å². The van der Waals surface area contributed by atoms with Crippen LogP contribution >= 0.6 is 0 Å². The molecule has 4 rings (SSSR count). The zero-order valence-electron chi connectivity index (χ0n) is 19.0. The third-order valence-corrected chi connectivity index (χ3v) is 6.65. The molecule has 3 heterocycles. The molecule has 1 saturated heterocycles. The predicted molar refractivity (Wildman–Crippen MR) is 118 cm³/mol. The number of aryl methyl sites for hydroxylation is 1. The quantitative estimate of drug-likeness (QED) is 0.712. The van der Waals surface area contributed by atoms with Crippen molar-refractivity contribution < 1.29 is 18.0 Å². The van der Waals surface area contributed by atoms with Crippen LogP contribution in [0.1, 0.15) is 62.4 Å². The van der Waals surface area contributed by atoms with Crippen LogP contribution in [0.3, 0.4) is 0 Å². The van der Waals surface area contributed by atoms with Gasteiger partial charge in [-0.3, -0.25) is 4.79 Å². The molecule has 3 atom stereocenters. The molecule has 8 heteroatoms. The van der Waals surface area contributed by atoms with E-state index >= 15 is 0 Å². The minimum absolute atomic E-state index is 0.0427. The monoisotopic (exact) mass is 448 g/mol. The number of alkyl halides is 3. The maximum Gasteiger partial charge on any atom is 0.410 e. The number of aromatic nitrogens is 2. The highest BCUT2D eigenvalue weighted by molar-refractivity contribution is 5.79. The molecule has 0 saturated carbocycles. The maximum absolute atomic E-state index is 13.8. The van der Waals surface area contributed by atoms with Gasteiger partial charge in [-0.1, -0.05) is 50.6 Å². The highest BCUT2D eigenvalue weighted by Crippen LogP contribution is 2.44. The summed E-state index contributed by atoms with van der Waals surface area (Å²) in [6.07, 6.45) is -3.38. The van der Waals surface area contributed by atoms with Gasteiger partial charge in [-0.15, -0.1) is 0 Å². The van der Waals surface area contributed by atoms with Crippen LogP contribution in [0, 0.1) is 12.3 Å². The molecule has 1 aromatic carbocycles. The molecule has 0 spiro atoms. The van der Waals surface area contributed by atoms with Gasteiger partial charge in [-0.25, -0.2) is 4.68 Å². The van der Waals surface area contributed by atoms with E-state index in [1.54, 1.807) is 11.0 Å². The molecule has 32 heavy (non-hydrogen) atoms.